The molecule has 6 heteroatoms. The van der Waals surface area contributed by atoms with Crippen LogP contribution in [0.4, 0.5) is 0 Å². The minimum atomic E-state index is -0.702. The molecule has 108 valence electrons. The highest BCUT2D eigenvalue weighted by Gasteiger charge is 2.28. The molecule has 1 N–H and O–H groups in total. The Bertz CT molecular complexity index is 299. The lowest BCUT2D eigenvalue weighted by Gasteiger charge is -2.27. The first-order valence-electron chi connectivity index (χ1n) is 5.74. The van der Waals surface area contributed by atoms with E-state index in [2.05, 4.69) is 13.2 Å². The summed E-state index contributed by atoms with van der Waals surface area (Å²) in [7, 11) is 0. The fraction of sp³-hybridized carbons (Fsp3) is 0.538. The maximum atomic E-state index is 11.0. The molecule has 0 aliphatic heterocycles. The molecular formula is C13H20O6. The minimum Gasteiger partial charge on any atom is -0.462 e. The topological polar surface area (TPSA) is 82.1 Å². The van der Waals surface area contributed by atoms with Crippen LogP contribution in [0.1, 0.15) is 6.92 Å². The van der Waals surface area contributed by atoms with Gasteiger partial charge in [-0.1, -0.05) is 20.1 Å². The monoisotopic (exact) mass is 272 g/mol. The Balaban J connectivity index is 4.41. The van der Waals surface area contributed by atoms with E-state index in [1.807, 2.05) is 0 Å². The molecule has 0 aromatic heterocycles. The Hall–Kier alpha value is -1.66. The second-order valence-corrected chi connectivity index (χ2v) is 4.21. The van der Waals surface area contributed by atoms with Gasteiger partial charge < -0.3 is 19.3 Å². The van der Waals surface area contributed by atoms with Crippen molar-refractivity contribution < 1.29 is 28.9 Å². The lowest BCUT2D eigenvalue weighted by atomic mass is 9.94. The van der Waals surface area contributed by atoms with E-state index in [1.165, 1.54) is 0 Å². The van der Waals surface area contributed by atoms with Crippen LogP contribution in [-0.2, 0) is 23.8 Å². The summed E-state index contributed by atoms with van der Waals surface area (Å²) < 4.78 is 15.1. The number of hydrogen-bond acceptors (Lipinski definition) is 6. The number of aliphatic hydroxyl groups excluding tert-OH is 1. The van der Waals surface area contributed by atoms with Crippen molar-refractivity contribution in [3.8, 4) is 0 Å². The Morgan fingerprint density at radius 1 is 1.11 bits per heavy atom. The maximum absolute atomic E-state index is 11.0. The highest BCUT2D eigenvalue weighted by molar-refractivity contribution is 5.81. The zero-order valence-corrected chi connectivity index (χ0v) is 11.1. The molecule has 0 bridgehead atoms. The average Bonchev–Trinajstić information content (AvgIpc) is 2.42. The number of ether oxygens (including phenoxy) is 3. The van der Waals surface area contributed by atoms with Crippen molar-refractivity contribution in [3.63, 3.8) is 0 Å². The van der Waals surface area contributed by atoms with E-state index in [9.17, 15) is 9.59 Å². The number of esters is 2. The molecular weight excluding hydrogens is 252 g/mol. The molecule has 0 saturated heterocycles. The van der Waals surface area contributed by atoms with Gasteiger partial charge in [0.2, 0.25) is 0 Å². The van der Waals surface area contributed by atoms with Crippen LogP contribution in [0.5, 0.6) is 0 Å². The van der Waals surface area contributed by atoms with Crippen molar-refractivity contribution in [1.29, 1.82) is 0 Å². The van der Waals surface area contributed by atoms with E-state index < -0.39 is 17.4 Å². The van der Waals surface area contributed by atoms with E-state index >= 15 is 0 Å². The Morgan fingerprint density at radius 3 is 1.95 bits per heavy atom. The van der Waals surface area contributed by atoms with Gasteiger partial charge in [-0.25, -0.2) is 9.59 Å². The van der Waals surface area contributed by atoms with E-state index in [4.69, 9.17) is 19.3 Å². The van der Waals surface area contributed by atoms with Gasteiger partial charge in [-0.15, -0.1) is 0 Å². The van der Waals surface area contributed by atoms with Crippen LogP contribution >= 0.6 is 0 Å². The van der Waals surface area contributed by atoms with Crippen molar-refractivity contribution in [3.05, 3.63) is 25.3 Å². The summed E-state index contributed by atoms with van der Waals surface area (Å²) in [6, 6.07) is 0. The van der Waals surface area contributed by atoms with Gasteiger partial charge in [-0.05, 0) is 0 Å². The predicted octanol–water partition coefficient (Wildman–Crippen LogP) is 0.460. The molecule has 0 aromatic carbocycles. The number of carbonyl (C=O) groups excluding carboxylic acids is 2. The summed E-state index contributed by atoms with van der Waals surface area (Å²) in [6.07, 6.45) is 2.09. The van der Waals surface area contributed by atoms with E-state index in [1.54, 1.807) is 6.92 Å². The molecule has 0 rings (SSSR count). The molecule has 0 heterocycles. The van der Waals surface area contributed by atoms with Crippen LogP contribution in [0.3, 0.4) is 0 Å². The van der Waals surface area contributed by atoms with Crippen molar-refractivity contribution in [1.82, 2.24) is 0 Å². The Morgan fingerprint density at radius 2 is 1.58 bits per heavy atom. The number of rotatable bonds is 10. The van der Waals surface area contributed by atoms with Crippen LogP contribution in [0.15, 0.2) is 25.3 Å². The Labute approximate surface area is 112 Å². The number of carbonyl (C=O) groups is 2. The first-order valence-corrected chi connectivity index (χ1v) is 5.74. The van der Waals surface area contributed by atoms with Crippen molar-refractivity contribution in [2.24, 2.45) is 5.41 Å². The SMILES string of the molecule is C=CC(=O)OCC(C)(COCCO)COC(=O)C=C. The van der Waals surface area contributed by atoms with Gasteiger partial charge in [0.25, 0.3) is 0 Å². The van der Waals surface area contributed by atoms with E-state index in [0.29, 0.717) is 0 Å². The van der Waals surface area contributed by atoms with E-state index in [-0.39, 0.29) is 33.0 Å². The molecule has 0 aliphatic carbocycles. The fourth-order valence-corrected chi connectivity index (χ4v) is 1.12. The van der Waals surface area contributed by atoms with Crippen molar-refractivity contribution in [2.45, 2.75) is 6.92 Å². The van der Waals surface area contributed by atoms with Crippen molar-refractivity contribution >= 4 is 11.9 Å². The van der Waals surface area contributed by atoms with Gasteiger partial charge in [0.15, 0.2) is 0 Å². The smallest absolute Gasteiger partial charge is 0.330 e. The summed E-state index contributed by atoms with van der Waals surface area (Å²) in [5, 5.41) is 8.65. The zero-order valence-electron chi connectivity index (χ0n) is 11.1. The number of hydrogen-bond donors (Lipinski definition) is 1. The van der Waals surface area contributed by atoms with Gasteiger partial charge in [0.1, 0.15) is 13.2 Å². The molecule has 0 amide bonds. The summed E-state index contributed by atoms with van der Waals surface area (Å²) >= 11 is 0. The summed E-state index contributed by atoms with van der Waals surface area (Å²) in [6.45, 7) is 8.53. The maximum Gasteiger partial charge on any atom is 0.330 e. The second kappa shape index (κ2) is 9.29. The molecule has 0 spiro atoms. The van der Waals surface area contributed by atoms with Crippen LogP contribution in [0.2, 0.25) is 0 Å². The van der Waals surface area contributed by atoms with Crippen LogP contribution < -0.4 is 0 Å². The highest BCUT2D eigenvalue weighted by Crippen LogP contribution is 2.18. The Kier molecular flexibility index (Phi) is 8.48. The fourth-order valence-electron chi connectivity index (χ4n) is 1.12. The van der Waals surface area contributed by atoms with Gasteiger partial charge in [-0.2, -0.15) is 0 Å². The first-order chi connectivity index (χ1) is 8.97. The lowest BCUT2D eigenvalue weighted by Crippen LogP contribution is -2.36. The normalized spacial score (nSPS) is 10.6. The standard InChI is InChI=1S/C13H20O6/c1-4-11(15)18-9-13(3,8-17-7-6-14)10-19-12(16)5-2/h4-5,14H,1-2,6-10H2,3H3. The van der Waals surface area contributed by atoms with Crippen LogP contribution in [0, 0.1) is 5.41 Å². The molecule has 0 atom stereocenters. The molecule has 0 aromatic rings. The van der Waals surface area contributed by atoms with Crippen molar-refractivity contribution in [2.75, 3.05) is 33.0 Å². The average molecular weight is 272 g/mol. The van der Waals surface area contributed by atoms with Gasteiger partial charge in [0.05, 0.1) is 25.2 Å². The third-order valence-electron chi connectivity index (χ3n) is 2.15. The van der Waals surface area contributed by atoms with Gasteiger partial charge in [0, 0.05) is 12.2 Å². The zero-order chi connectivity index (χ0) is 14.7. The van der Waals surface area contributed by atoms with Gasteiger partial charge in [-0.3, -0.25) is 0 Å². The van der Waals surface area contributed by atoms with Crippen LogP contribution in [-0.4, -0.2) is 50.1 Å². The quantitative estimate of drug-likeness (QED) is 0.353. The number of aliphatic hydroxyl groups is 1. The molecule has 19 heavy (non-hydrogen) atoms. The molecule has 0 radical (unpaired) electrons. The summed E-state index contributed by atoms with van der Waals surface area (Å²) in [4.78, 5) is 22.1. The van der Waals surface area contributed by atoms with Gasteiger partial charge >= 0.3 is 11.9 Å². The molecule has 0 unspecified atom stereocenters. The summed E-state index contributed by atoms with van der Waals surface area (Å²) in [5.74, 6) is -1.13. The second-order valence-electron chi connectivity index (χ2n) is 4.21. The first kappa shape index (κ1) is 17.3. The molecule has 0 aliphatic rings. The largest absolute Gasteiger partial charge is 0.462 e. The lowest BCUT2D eigenvalue weighted by molar-refractivity contribution is -0.150. The minimum absolute atomic E-state index is 0.00764. The summed E-state index contributed by atoms with van der Waals surface area (Å²) in [5.41, 5.74) is -0.702. The third-order valence-corrected chi connectivity index (χ3v) is 2.15. The predicted molar refractivity (Wildman–Crippen MR) is 68.3 cm³/mol. The third kappa shape index (κ3) is 8.12. The molecule has 0 saturated carbocycles. The van der Waals surface area contributed by atoms with Crippen LogP contribution in [0.25, 0.3) is 0 Å². The molecule has 6 nitrogen and oxygen atoms in total. The van der Waals surface area contributed by atoms with E-state index in [0.717, 1.165) is 12.2 Å². The molecule has 0 fully saturated rings. The highest BCUT2D eigenvalue weighted by atomic mass is 16.6.